The number of hydrogen-bond donors (Lipinski definition) is 1. The molecule has 0 heterocycles. The minimum atomic E-state index is -0.519. The fourth-order valence-electron chi connectivity index (χ4n) is 2.58. The molecule has 0 aromatic heterocycles. The summed E-state index contributed by atoms with van der Waals surface area (Å²) in [6.07, 6.45) is 3.74. The number of methoxy groups -OCH3 is 1. The van der Waals surface area contributed by atoms with Crippen LogP contribution in [0.15, 0.2) is 12.1 Å². The molecule has 1 aromatic carbocycles. The molecule has 0 aliphatic heterocycles. The molecule has 1 saturated carbocycles. The topological polar surface area (TPSA) is 52.3 Å². The Bertz CT molecular complexity index is 479. The summed E-state index contributed by atoms with van der Waals surface area (Å²) in [6, 6.07) is 3.13. The first kappa shape index (κ1) is 13.0. The number of carbonyl (C=O) groups excluding carboxylic acids is 1. The highest BCUT2D eigenvalue weighted by molar-refractivity contribution is 5.91. The Morgan fingerprint density at radius 3 is 2.56 bits per heavy atom. The van der Waals surface area contributed by atoms with Crippen LogP contribution in [-0.2, 0) is 10.3 Å². The quantitative estimate of drug-likeness (QED) is 0.822. The number of benzene rings is 1. The predicted molar refractivity (Wildman–Crippen MR) is 66.8 cm³/mol. The zero-order valence-corrected chi connectivity index (χ0v) is 10.8. The molecular weight excluding hydrogens is 233 g/mol. The molecule has 98 valence electrons. The van der Waals surface area contributed by atoms with Gasteiger partial charge in [-0.25, -0.2) is 9.18 Å². The van der Waals surface area contributed by atoms with Crippen molar-refractivity contribution in [2.24, 2.45) is 5.73 Å². The largest absolute Gasteiger partial charge is 0.465 e. The monoisotopic (exact) mass is 251 g/mol. The second kappa shape index (κ2) is 4.69. The molecule has 2 rings (SSSR count). The second-order valence-corrected chi connectivity index (χ2v) is 4.99. The first-order valence-corrected chi connectivity index (χ1v) is 6.16. The first-order valence-electron chi connectivity index (χ1n) is 6.16. The molecule has 0 bridgehead atoms. The van der Waals surface area contributed by atoms with E-state index in [1.165, 1.54) is 13.2 Å². The van der Waals surface area contributed by atoms with Crippen molar-refractivity contribution in [1.82, 2.24) is 0 Å². The molecule has 1 aromatic rings. The number of halogens is 1. The fraction of sp³-hybridized carbons (Fsp3) is 0.500. The lowest BCUT2D eigenvalue weighted by Crippen LogP contribution is -2.33. The minimum Gasteiger partial charge on any atom is -0.465 e. The Morgan fingerprint density at radius 2 is 2.00 bits per heavy atom. The van der Waals surface area contributed by atoms with E-state index in [0.717, 1.165) is 25.7 Å². The number of nitrogens with two attached hydrogens (primary N) is 1. The van der Waals surface area contributed by atoms with Crippen LogP contribution in [0.3, 0.4) is 0 Å². The van der Waals surface area contributed by atoms with Crippen molar-refractivity contribution in [2.75, 3.05) is 7.11 Å². The standard InChI is InChI=1S/C14H18FNO2/c1-9-11(13(17)18-2)7-10(8-12(9)15)14(16)5-3-4-6-14/h7-8H,3-6,16H2,1-2H3. The van der Waals surface area contributed by atoms with Crippen LogP contribution in [0.1, 0.15) is 47.2 Å². The van der Waals surface area contributed by atoms with Crippen LogP contribution in [-0.4, -0.2) is 13.1 Å². The first-order chi connectivity index (χ1) is 8.48. The summed E-state index contributed by atoms with van der Waals surface area (Å²) < 4.78 is 18.6. The number of esters is 1. The molecular formula is C14H18FNO2. The molecule has 0 spiro atoms. The Kier molecular flexibility index (Phi) is 3.39. The van der Waals surface area contributed by atoms with E-state index in [9.17, 15) is 9.18 Å². The molecule has 1 fully saturated rings. The molecule has 3 nitrogen and oxygen atoms in total. The van der Waals surface area contributed by atoms with Crippen LogP contribution >= 0.6 is 0 Å². The van der Waals surface area contributed by atoms with Gasteiger partial charge in [0.1, 0.15) is 5.82 Å². The summed E-state index contributed by atoms with van der Waals surface area (Å²) in [5.41, 5.74) is 7.07. The lowest BCUT2D eigenvalue weighted by atomic mass is 9.87. The van der Waals surface area contributed by atoms with Gasteiger partial charge in [0.2, 0.25) is 0 Å². The SMILES string of the molecule is COC(=O)c1cc(C2(N)CCCC2)cc(F)c1C. The third-order valence-corrected chi connectivity index (χ3v) is 3.82. The van der Waals surface area contributed by atoms with Crippen molar-refractivity contribution < 1.29 is 13.9 Å². The Hall–Kier alpha value is -1.42. The maximum atomic E-state index is 13.9. The van der Waals surface area contributed by atoms with E-state index in [1.807, 2.05) is 0 Å². The van der Waals surface area contributed by atoms with Gasteiger partial charge in [-0.05, 0) is 43.0 Å². The van der Waals surface area contributed by atoms with E-state index in [1.54, 1.807) is 13.0 Å². The van der Waals surface area contributed by atoms with Gasteiger partial charge < -0.3 is 10.5 Å². The molecule has 18 heavy (non-hydrogen) atoms. The number of ether oxygens (including phenoxy) is 1. The summed E-state index contributed by atoms with van der Waals surface area (Å²) in [4.78, 5) is 11.6. The van der Waals surface area contributed by atoms with Crippen molar-refractivity contribution in [1.29, 1.82) is 0 Å². The average Bonchev–Trinajstić information content (AvgIpc) is 2.79. The molecule has 2 N–H and O–H groups in total. The van der Waals surface area contributed by atoms with Crippen LogP contribution in [0.4, 0.5) is 4.39 Å². The number of hydrogen-bond acceptors (Lipinski definition) is 3. The Balaban J connectivity index is 2.50. The van der Waals surface area contributed by atoms with E-state index in [0.29, 0.717) is 11.1 Å². The summed E-state index contributed by atoms with van der Waals surface area (Å²) in [5, 5.41) is 0. The van der Waals surface area contributed by atoms with Gasteiger partial charge in [-0.3, -0.25) is 0 Å². The molecule has 0 atom stereocenters. The van der Waals surface area contributed by atoms with Crippen molar-refractivity contribution in [3.8, 4) is 0 Å². The fourth-order valence-corrected chi connectivity index (χ4v) is 2.58. The maximum Gasteiger partial charge on any atom is 0.338 e. The molecule has 1 aliphatic rings. The van der Waals surface area contributed by atoms with E-state index >= 15 is 0 Å². The van der Waals surface area contributed by atoms with Crippen molar-refractivity contribution >= 4 is 5.97 Å². The van der Waals surface area contributed by atoms with Crippen LogP contribution in [0.25, 0.3) is 0 Å². The highest BCUT2D eigenvalue weighted by atomic mass is 19.1. The molecule has 0 saturated heterocycles. The summed E-state index contributed by atoms with van der Waals surface area (Å²) in [5.74, 6) is -0.917. The van der Waals surface area contributed by atoms with E-state index in [-0.39, 0.29) is 5.56 Å². The normalized spacial score (nSPS) is 17.8. The summed E-state index contributed by atoms with van der Waals surface area (Å²) in [7, 11) is 1.29. The van der Waals surface area contributed by atoms with Gasteiger partial charge in [0.05, 0.1) is 12.7 Å². The number of rotatable bonds is 2. The van der Waals surface area contributed by atoms with Crippen LogP contribution in [0, 0.1) is 12.7 Å². The van der Waals surface area contributed by atoms with Crippen molar-refractivity contribution in [2.45, 2.75) is 38.1 Å². The lowest BCUT2D eigenvalue weighted by molar-refractivity contribution is 0.0599. The summed E-state index contributed by atoms with van der Waals surface area (Å²) >= 11 is 0. The Labute approximate surface area is 106 Å². The third kappa shape index (κ3) is 2.12. The maximum absolute atomic E-state index is 13.9. The van der Waals surface area contributed by atoms with Crippen molar-refractivity contribution in [3.05, 3.63) is 34.6 Å². The zero-order chi connectivity index (χ0) is 13.3. The smallest absolute Gasteiger partial charge is 0.338 e. The lowest BCUT2D eigenvalue weighted by Gasteiger charge is -2.25. The van der Waals surface area contributed by atoms with E-state index < -0.39 is 17.3 Å². The average molecular weight is 251 g/mol. The van der Waals surface area contributed by atoms with Gasteiger partial charge in [0, 0.05) is 5.54 Å². The van der Waals surface area contributed by atoms with Gasteiger partial charge >= 0.3 is 5.97 Å². The molecule has 1 aliphatic carbocycles. The second-order valence-electron chi connectivity index (χ2n) is 4.99. The molecule has 0 radical (unpaired) electrons. The highest BCUT2D eigenvalue weighted by Crippen LogP contribution is 2.37. The number of carbonyl (C=O) groups is 1. The van der Waals surface area contributed by atoms with Gasteiger partial charge in [-0.2, -0.15) is 0 Å². The van der Waals surface area contributed by atoms with Crippen molar-refractivity contribution in [3.63, 3.8) is 0 Å². The van der Waals surface area contributed by atoms with Gasteiger partial charge in [0.25, 0.3) is 0 Å². The Morgan fingerprint density at radius 1 is 1.39 bits per heavy atom. The minimum absolute atomic E-state index is 0.268. The highest BCUT2D eigenvalue weighted by Gasteiger charge is 2.32. The molecule has 4 heteroatoms. The van der Waals surface area contributed by atoms with Gasteiger partial charge in [0.15, 0.2) is 0 Å². The van der Waals surface area contributed by atoms with Crippen LogP contribution < -0.4 is 5.73 Å². The predicted octanol–water partition coefficient (Wildman–Crippen LogP) is 2.65. The van der Waals surface area contributed by atoms with Gasteiger partial charge in [-0.15, -0.1) is 0 Å². The zero-order valence-electron chi connectivity index (χ0n) is 10.8. The van der Waals surface area contributed by atoms with Crippen LogP contribution in [0.2, 0.25) is 0 Å². The summed E-state index contributed by atoms with van der Waals surface area (Å²) in [6.45, 7) is 1.57. The van der Waals surface area contributed by atoms with E-state index in [4.69, 9.17) is 5.73 Å². The van der Waals surface area contributed by atoms with Gasteiger partial charge in [-0.1, -0.05) is 12.8 Å². The van der Waals surface area contributed by atoms with Crippen LogP contribution in [0.5, 0.6) is 0 Å². The third-order valence-electron chi connectivity index (χ3n) is 3.82. The molecule has 0 unspecified atom stereocenters. The molecule has 0 amide bonds. The van der Waals surface area contributed by atoms with E-state index in [2.05, 4.69) is 4.74 Å².